The Bertz CT molecular complexity index is 419. The van der Waals surface area contributed by atoms with E-state index in [1.807, 2.05) is 0 Å². The monoisotopic (exact) mass is 278 g/mol. The van der Waals surface area contributed by atoms with Crippen LogP contribution in [0.4, 0.5) is 0 Å². The van der Waals surface area contributed by atoms with Crippen LogP contribution >= 0.6 is 0 Å². The number of carbonyl (C=O) groups is 2. The first kappa shape index (κ1) is 12.7. The number of hydrogen-bond donors (Lipinski definition) is 2. The zero-order chi connectivity index (χ0) is 14.0. The highest BCUT2D eigenvalue weighted by Crippen LogP contribution is 2.71. The van der Waals surface area contributed by atoms with Crippen LogP contribution in [0.15, 0.2) is 0 Å². The first-order valence-electron chi connectivity index (χ1n) is 8.00. The van der Waals surface area contributed by atoms with E-state index in [0.29, 0.717) is 11.8 Å². The molecule has 4 heteroatoms. The van der Waals surface area contributed by atoms with Crippen LogP contribution in [0.25, 0.3) is 0 Å². The minimum atomic E-state index is -0.752. The predicted molar refractivity (Wildman–Crippen MR) is 70.9 cm³/mol. The van der Waals surface area contributed by atoms with Crippen molar-refractivity contribution in [1.82, 2.24) is 0 Å². The second-order valence-corrected chi connectivity index (χ2v) is 7.57. The summed E-state index contributed by atoms with van der Waals surface area (Å²) in [4.78, 5) is 22.3. The molecule has 0 aliphatic heterocycles. The normalized spacial score (nSPS) is 51.4. The molecule has 8 atom stereocenters. The predicted octanol–water partition coefficient (Wildman–Crippen LogP) is 2.48. The Morgan fingerprint density at radius 1 is 0.800 bits per heavy atom. The smallest absolute Gasteiger partial charge is 0.303 e. The molecule has 2 N–H and O–H groups in total. The number of rotatable bonds is 4. The number of carboxylic acid groups (broad SMARTS) is 2. The fourth-order valence-corrected chi connectivity index (χ4v) is 6.84. The van der Waals surface area contributed by atoms with E-state index < -0.39 is 11.9 Å². The van der Waals surface area contributed by atoms with Crippen molar-refractivity contribution in [3.63, 3.8) is 0 Å². The number of fused-ring (bicyclic) bond motifs is 9. The summed E-state index contributed by atoms with van der Waals surface area (Å²) in [5.74, 6) is 2.84. The van der Waals surface area contributed by atoms with Crippen LogP contribution in [0.3, 0.4) is 0 Å². The molecule has 4 saturated carbocycles. The lowest BCUT2D eigenvalue weighted by atomic mass is 9.62. The molecule has 0 heterocycles. The summed E-state index contributed by atoms with van der Waals surface area (Å²) in [7, 11) is 0. The molecule has 0 radical (unpaired) electrons. The van der Waals surface area contributed by atoms with Gasteiger partial charge in [-0.1, -0.05) is 0 Å². The quantitative estimate of drug-likeness (QED) is 0.775. The summed E-state index contributed by atoms with van der Waals surface area (Å²) >= 11 is 0. The second-order valence-electron chi connectivity index (χ2n) is 7.57. The fraction of sp³-hybridized carbons (Fsp3) is 0.875. The maximum atomic E-state index is 11.2. The van der Waals surface area contributed by atoms with Crippen molar-refractivity contribution in [1.29, 1.82) is 0 Å². The number of aliphatic carboxylic acids is 2. The molecule has 4 bridgehead atoms. The van der Waals surface area contributed by atoms with Crippen molar-refractivity contribution >= 4 is 11.9 Å². The molecular formula is C16H22O4. The molecule has 0 saturated heterocycles. The summed E-state index contributed by atoms with van der Waals surface area (Å²) < 4.78 is 0. The van der Waals surface area contributed by atoms with E-state index in [1.165, 1.54) is 19.3 Å². The van der Waals surface area contributed by atoms with Gasteiger partial charge in [-0.3, -0.25) is 9.59 Å². The lowest BCUT2D eigenvalue weighted by Crippen LogP contribution is -2.39. The molecule has 20 heavy (non-hydrogen) atoms. The zero-order valence-electron chi connectivity index (χ0n) is 11.6. The fourth-order valence-electron chi connectivity index (χ4n) is 6.84. The van der Waals surface area contributed by atoms with Crippen molar-refractivity contribution < 1.29 is 19.8 Å². The van der Waals surface area contributed by atoms with Gasteiger partial charge in [-0.2, -0.15) is 0 Å². The Morgan fingerprint density at radius 3 is 1.65 bits per heavy atom. The van der Waals surface area contributed by atoms with E-state index in [-0.39, 0.29) is 24.7 Å². The Kier molecular flexibility index (Phi) is 2.67. The van der Waals surface area contributed by atoms with Crippen LogP contribution in [0.2, 0.25) is 0 Å². The van der Waals surface area contributed by atoms with E-state index in [4.69, 9.17) is 0 Å². The Balaban J connectivity index is 1.63. The van der Waals surface area contributed by atoms with Crippen molar-refractivity contribution in [2.75, 3.05) is 0 Å². The zero-order valence-corrected chi connectivity index (χ0v) is 11.6. The summed E-state index contributed by atoms with van der Waals surface area (Å²) in [6.07, 6.45) is 5.47. The summed E-state index contributed by atoms with van der Waals surface area (Å²) in [5, 5.41) is 18.4. The average molecular weight is 278 g/mol. The van der Waals surface area contributed by atoms with E-state index in [9.17, 15) is 19.8 Å². The second kappa shape index (κ2) is 4.22. The SMILES string of the molecule is O=C(O)CC1C(CC(=O)O)C2CC1C1C3CCC(C3)C21. The van der Waals surface area contributed by atoms with Gasteiger partial charge in [0.2, 0.25) is 0 Å². The van der Waals surface area contributed by atoms with Gasteiger partial charge in [0.15, 0.2) is 0 Å². The standard InChI is InChI=1S/C16H22O4/c17-13(18)5-9-10(6-14(19)20)12-4-11(9)15-7-1-2-8(3-7)16(12)15/h7-12,15-16H,1-6H2,(H,17,18)(H,19,20). The topological polar surface area (TPSA) is 74.6 Å². The molecule has 8 unspecified atom stereocenters. The van der Waals surface area contributed by atoms with Gasteiger partial charge in [-0.15, -0.1) is 0 Å². The van der Waals surface area contributed by atoms with Gasteiger partial charge in [0.05, 0.1) is 0 Å². The highest BCUT2D eigenvalue weighted by molar-refractivity contribution is 5.69. The van der Waals surface area contributed by atoms with Crippen LogP contribution in [-0.4, -0.2) is 22.2 Å². The maximum Gasteiger partial charge on any atom is 0.303 e. The molecule has 0 aromatic rings. The molecular weight excluding hydrogens is 256 g/mol. The molecule has 4 nitrogen and oxygen atoms in total. The van der Waals surface area contributed by atoms with Gasteiger partial charge in [0.25, 0.3) is 0 Å². The van der Waals surface area contributed by atoms with Crippen molar-refractivity contribution in [3.8, 4) is 0 Å². The molecule has 4 aliphatic rings. The van der Waals surface area contributed by atoms with E-state index >= 15 is 0 Å². The summed E-state index contributed by atoms with van der Waals surface area (Å²) in [6, 6.07) is 0. The van der Waals surface area contributed by atoms with Crippen LogP contribution < -0.4 is 0 Å². The number of hydrogen-bond acceptors (Lipinski definition) is 2. The molecule has 4 rings (SSSR count). The lowest BCUT2D eigenvalue weighted by Gasteiger charge is -2.42. The van der Waals surface area contributed by atoms with Crippen LogP contribution in [-0.2, 0) is 9.59 Å². The molecule has 4 fully saturated rings. The average Bonchev–Trinajstić information content (AvgIpc) is 3.06. The molecule has 0 aromatic carbocycles. The molecule has 0 amide bonds. The maximum absolute atomic E-state index is 11.2. The highest BCUT2D eigenvalue weighted by atomic mass is 16.4. The summed E-state index contributed by atoms with van der Waals surface area (Å²) in [5.41, 5.74) is 0. The molecule has 0 aromatic heterocycles. The Hall–Kier alpha value is -1.06. The first-order chi connectivity index (χ1) is 9.56. The first-order valence-corrected chi connectivity index (χ1v) is 8.00. The van der Waals surface area contributed by atoms with Gasteiger partial charge in [-0.25, -0.2) is 0 Å². The third kappa shape index (κ3) is 1.60. The van der Waals surface area contributed by atoms with E-state index in [2.05, 4.69) is 0 Å². The van der Waals surface area contributed by atoms with Gasteiger partial charge in [0.1, 0.15) is 0 Å². The third-order valence-corrected chi connectivity index (χ3v) is 7.05. The minimum absolute atomic E-state index is 0.120. The van der Waals surface area contributed by atoms with Gasteiger partial charge in [-0.05, 0) is 73.0 Å². The molecule has 4 aliphatic carbocycles. The van der Waals surface area contributed by atoms with Crippen molar-refractivity contribution in [3.05, 3.63) is 0 Å². The van der Waals surface area contributed by atoms with Gasteiger partial charge < -0.3 is 10.2 Å². The van der Waals surface area contributed by atoms with Crippen LogP contribution in [0, 0.1) is 47.3 Å². The van der Waals surface area contributed by atoms with Crippen LogP contribution in [0.1, 0.15) is 38.5 Å². The molecule has 0 spiro atoms. The largest absolute Gasteiger partial charge is 0.481 e. The van der Waals surface area contributed by atoms with E-state index in [1.54, 1.807) is 0 Å². The highest BCUT2D eigenvalue weighted by Gasteiger charge is 2.65. The Labute approximate surface area is 118 Å². The molecule has 110 valence electrons. The minimum Gasteiger partial charge on any atom is -0.481 e. The van der Waals surface area contributed by atoms with Crippen molar-refractivity contribution in [2.24, 2.45) is 47.3 Å². The van der Waals surface area contributed by atoms with Crippen LogP contribution in [0.5, 0.6) is 0 Å². The third-order valence-electron chi connectivity index (χ3n) is 7.05. The van der Waals surface area contributed by atoms with Gasteiger partial charge >= 0.3 is 11.9 Å². The lowest BCUT2D eigenvalue weighted by molar-refractivity contribution is -0.143. The Morgan fingerprint density at radius 2 is 1.25 bits per heavy atom. The van der Waals surface area contributed by atoms with Gasteiger partial charge in [0, 0.05) is 12.8 Å². The summed E-state index contributed by atoms with van der Waals surface area (Å²) in [6.45, 7) is 0. The van der Waals surface area contributed by atoms with E-state index in [0.717, 1.165) is 30.1 Å². The number of carboxylic acids is 2. The van der Waals surface area contributed by atoms with Crippen molar-refractivity contribution in [2.45, 2.75) is 38.5 Å².